The molecule has 0 unspecified atom stereocenters. The molecular formula is C12H24N2O2. The molecule has 0 aliphatic heterocycles. The molecule has 94 valence electrons. The zero-order chi connectivity index (χ0) is 13.1. The Hall–Kier alpha value is -1.06. The van der Waals surface area contributed by atoms with Crippen LogP contribution in [0.2, 0.25) is 0 Å². The molecule has 0 radical (unpaired) electrons. The van der Waals surface area contributed by atoms with Crippen molar-refractivity contribution in [2.24, 2.45) is 0 Å². The molecule has 0 aromatic rings. The van der Waals surface area contributed by atoms with Crippen LogP contribution >= 0.6 is 0 Å². The van der Waals surface area contributed by atoms with Gasteiger partial charge in [0.25, 0.3) is 0 Å². The van der Waals surface area contributed by atoms with Gasteiger partial charge in [-0.15, -0.1) is 0 Å². The van der Waals surface area contributed by atoms with E-state index in [4.69, 9.17) is 0 Å². The second-order valence-electron chi connectivity index (χ2n) is 5.92. The summed E-state index contributed by atoms with van der Waals surface area (Å²) in [4.78, 5) is 25.2. The Morgan fingerprint density at radius 2 is 1.50 bits per heavy atom. The summed E-state index contributed by atoms with van der Waals surface area (Å²) in [6.45, 7) is 13.7. The van der Waals surface area contributed by atoms with Crippen LogP contribution in [0.4, 0.5) is 0 Å². The first-order valence-corrected chi connectivity index (χ1v) is 5.63. The van der Waals surface area contributed by atoms with Crippen molar-refractivity contribution >= 4 is 11.8 Å². The van der Waals surface area contributed by atoms with Crippen LogP contribution in [0.3, 0.4) is 0 Å². The van der Waals surface area contributed by atoms with Crippen LogP contribution in [0.1, 0.15) is 48.5 Å². The second kappa shape index (κ2) is 4.85. The summed E-state index contributed by atoms with van der Waals surface area (Å²) in [6.07, 6.45) is 0. The minimum Gasteiger partial charge on any atom is -0.343 e. The van der Waals surface area contributed by atoms with Gasteiger partial charge in [0.05, 0.1) is 0 Å². The van der Waals surface area contributed by atoms with Crippen LogP contribution in [0.25, 0.3) is 0 Å². The largest absolute Gasteiger partial charge is 0.343 e. The topological polar surface area (TPSA) is 49.4 Å². The molecule has 0 rings (SSSR count). The average molecular weight is 228 g/mol. The van der Waals surface area contributed by atoms with Gasteiger partial charge in [-0.25, -0.2) is 0 Å². The van der Waals surface area contributed by atoms with Crippen LogP contribution in [0, 0.1) is 0 Å². The van der Waals surface area contributed by atoms with Gasteiger partial charge in [-0.2, -0.15) is 0 Å². The molecule has 16 heavy (non-hydrogen) atoms. The highest BCUT2D eigenvalue weighted by molar-refractivity contribution is 6.35. The molecule has 0 aromatic heterocycles. The third-order valence-corrected chi connectivity index (χ3v) is 2.05. The monoisotopic (exact) mass is 228 g/mol. The number of nitrogens with zero attached hydrogens (tertiary/aromatic N) is 1. The summed E-state index contributed by atoms with van der Waals surface area (Å²) in [5.74, 6) is -1.01. The van der Waals surface area contributed by atoms with Crippen LogP contribution in [0.5, 0.6) is 0 Å². The fraction of sp³-hybridized carbons (Fsp3) is 0.833. The quantitative estimate of drug-likeness (QED) is 0.692. The van der Waals surface area contributed by atoms with E-state index in [1.165, 1.54) is 0 Å². The predicted molar refractivity (Wildman–Crippen MR) is 65.0 cm³/mol. The molecule has 0 saturated carbocycles. The maximum Gasteiger partial charge on any atom is 0.312 e. The molecule has 0 heterocycles. The first-order valence-electron chi connectivity index (χ1n) is 5.63. The molecule has 4 nitrogen and oxygen atoms in total. The predicted octanol–water partition coefficient (Wildman–Crippen LogP) is 1.55. The standard InChI is InChI=1S/C12H24N2O2/c1-8-14(12(5,6)7)10(16)9(15)13-11(2,3)4/h8H2,1-7H3,(H,13,15). The van der Waals surface area contributed by atoms with Crippen molar-refractivity contribution < 1.29 is 9.59 Å². The lowest BCUT2D eigenvalue weighted by Gasteiger charge is -2.35. The normalized spacial score (nSPS) is 12.2. The minimum absolute atomic E-state index is 0.332. The average Bonchev–Trinajstić information content (AvgIpc) is 1.99. The summed E-state index contributed by atoms with van der Waals surface area (Å²) in [7, 11) is 0. The van der Waals surface area contributed by atoms with E-state index < -0.39 is 11.8 Å². The maximum atomic E-state index is 11.9. The second-order valence-corrected chi connectivity index (χ2v) is 5.92. The Bertz CT molecular complexity index is 272. The third kappa shape index (κ3) is 4.64. The Morgan fingerprint density at radius 1 is 1.06 bits per heavy atom. The lowest BCUT2D eigenvalue weighted by molar-refractivity contribution is -0.149. The van der Waals surface area contributed by atoms with E-state index in [0.717, 1.165) is 0 Å². The molecule has 1 N–H and O–H groups in total. The zero-order valence-electron chi connectivity index (χ0n) is 11.5. The fourth-order valence-electron chi connectivity index (χ4n) is 1.44. The van der Waals surface area contributed by atoms with Gasteiger partial charge in [0.1, 0.15) is 0 Å². The van der Waals surface area contributed by atoms with Crippen LogP contribution in [-0.2, 0) is 9.59 Å². The summed E-state index contributed by atoms with van der Waals surface area (Å²) in [5, 5.41) is 2.68. The van der Waals surface area contributed by atoms with E-state index >= 15 is 0 Å². The van der Waals surface area contributed by atoms with Crippen molar-refractivity contribution in [2.75, 3.05) is 6.54 Å². The highest BCUT2D eigenvalue weighted by atomic mass is 16.2. The summed E-state index contributed by atoms with van der Waals surface area (Å²) < 4.78 is 0. The minimum atomic E-state index is -0.538. The lowest BCUT2D eigenvalue weighted by atomic mass is 10.1. The maximum absolute atomic E-state index is 11.9. The lowest BCUT2D eigenvalue weighted by Crippen LogP contribution is -2.54. The molecule has 0 spiro atoms. The molecular weight excluding hydrogens is 204 g/mol. The van der Waals surface area contributed by atoms with E-state index in [1.807, 2.05) is 48.5 Å². The molecule has 0 fully saturated rings. The Balaban J connectivity index is 4.72. The Morgan fingerprint density at radius 3 is 1.75 bits per heavy atom. The number of likely N-dealkylation sites (N-methyl/N-ethyl adjacent to an activating group) is 1. The van der Waals surface area contributed by atoms with E-state index in [-0.39, 0.29) is 11.1 Å². The third-order valence-electron chi connectivity index (χ3n) is 2.05. The van der Waals surface area contributed by atoms with Gasteiger partial charge in [0, 0.05) is 17.6 Å². The molecule has 0 aliphatic carbocycles. The van der Waals surface area contributed by atoms with Crippen LogP contribution in [-0.4, -0.2) is 34.3 Å². The number of carbonyl (C=O) groups excluding carboxylic acids is 2. The summed E-state index contributed by atoms with van der Waals surface area (Å²) in [5.41, 5.74) is -0.717. The highest BCUT2D eigenvalue weighted by Crippen LogP contribution is 2.13. The van der Waals surface area contributed by atoms with Crippen molar-refractivity contribution in [1.29, 1.82) is 0 Å². The summed E-state index contributed by atoms with van der Waals surface area (Å²) >= 11 is 0. The van der Waals surface area contributed by atoms with Crippen LogP contribution < -0.4 is 5.32 Å². The Labute approximate surface area is 98.4 Å². The number of amides is 2. The van der Waals surface area contributed by atoms with Gasteiger partial charge in [0.2, 0.25) is 0 Å². The fourth-order valence-corrected chi connectivity index (χ4v) is 1.44. The van der Waals surface area contributed by atoms with E-state index in [2.05, 4.69) is 5.32 Å². The van der Waals surface area contributed by atoms with Gasteiger partial charge in [-0.1, -0.05) is 0 Å². The number of rotatable bonds is 1. The van der Waals surface area contributed by atoms with Gasteiger partial charge >= 0.3 is 11.8 Å². The zero-order valence-corrected chi connectivity index (χ0v) is 11.5. The SMILES string of the molecule is CCN(C(=O)C(=O)NC(C)(C)C)C(C)(C)C. The molecule has 0 aromatic carbocycles. The van der Waals surface area contributed by atoms with E-state index in [1.54, 1.807) is 4.90 Å². The number of nitrogens with one attached hydrogen (secondary N) is 1. The summed E-state index contributed by atoms with van der Waals surface area (Å²) in [6, 6.07) is 0. The van der Waals surface area contributed by atoms with Gasteiger partial charge in [0.15, 0.2) is 0 Å². The first kappa shape index (κ1) is 14.9. The van der Waals surface area contributed by atoms with E-state index in [9.17, 15) is 9.59 Å². The molecule has 0 aliphatic rings. The van der Waals surface area contributed by atoms with Crippen LogP contribution in [0.15, 0.2) is 0 Å². The number of hydrogen-bond acceptors (Lipinski definition) is 2. The van der Waals surface area contributed by atoms with Crippen molar-refractivity contribution in [2.45, 2.75) is 59.5 Å². The molecule has 0 saturated heterocycles. The first-order chi connectivity index (χ1) is 6.99. The molecule has 2 amide bonds. The van der Waals surface area contributed by atoms with Crippen molar-refractivity contribution in [3.05, 3.63) is 0 Å². The molecule has 0 bridgehead atoms. The van der Waals surface area contributed by atoms with E-state index in [0.29, 0.717) is 6.54 Å². The molecule has 0 atom stereocenters. The van der Waals surface area contributed by atoms with Gasteiger partial charge in [-0.3, -0.25) is 9.59 Å². The number of carbonyl (C=O) groups is 2. The van der Waals surface area contributed by atoms with Gasteiger partial charge < -0.3 is 10.2 Å². The Kier molecular flexibility index (Phi) is 4.53. The number of hydrogen-bond donors (Lipinski definition) is 1. The molecule has 4 heteroatoms. The van der Waals surface area contributed by atoms with Crippen molar-refractivity contribution in [3.8, 4) is 0 Å². The van der Waals surface area contributed by atoms with Gasteiger partial charge in [-0.05, 0) is 48.5 Å². The van der Waals surface area contributed by atoms with Crippen molar-refractivity contribution in [3.63, 3.8) is 0 Å². The smallest absolute Gasteiger partial charge is 0.312 e. The van der Waals surface area contributed by atoms with Crippen molar-refractivity contribution in [1.82, 2.24) is 10.2 Å². The highest BCUT2D eigenvalue weighted by Gasteiger charge is 2.31.